The molecule has 2 atom stereocenters. The smallest absolute Gasteiger partial charge is 0.0886 e. The lowest BCUT2D eigenvalue weighted by Gasteiger charge is -2.23. The van der Waals surface area contributed by atoms with E-state index in [1.165, 1.54) is 0 Å². The fourth-order valence-corrected chi connectivity index (χ4v) is 2.35. The van der Waals surface area contributed by atoms with Crippen LogP contribution in [0, 0.1) is 0 Å². The van der Waals surface area contributed by atoms with Crippen LogP contribution in [-0.4, -0.2) is 37.5 Å². The molecule has 0 bridgehead atoms. The molecule has 0 amide bonds. The number of nitrogens with one attached hydrogen (secondary N) is 1. The van der Waals surface area contributed by atoms with Crippen molar-refractivity contribution in [2.75, 3.05) is 26.3 Å². The molecule has 1 unspecified atom stereocenters. The number of hydrogen-bond acceptors (Lipinski definition) is 3. The normalized spacial score (nSPS) is 25.6. The van der Waals surface area contributed by atoms with Gasteiger partial charge in [0.2, 0.25) is 0 Å². The summed E-state index contributed by atoms with van der Waals surface area (Å²) < 4.78 is 5.60. The first-order valence-corrected chi connectivity index (χ1v) is 6.36. The first kappa shape index (κ1) is 13.1. The molecular weight excluding hydrogens is 261 g/mol. The summed E-state index contributed by atoms with van der Waals surface area (Å²) in [7, 11) is 0. The van der Waals surface area contributed by atoms with E-state index in [0.717, 1.165) is 18.7 Å². The Balaban J connectivity index is 2.25. The maximum atomic E-state index is 9.36. The van der Waals surface area contributed by atoms with E-state index in [4.69, 9.17) is 27.9 Å². The summed E-state index contributed by atoms with van der Waals surface area (Å²) in [6, 6.07) is 5.55. The lowest BCUT2D eigenvalue weighted by molar-refractivity contribution is 0.0108. The molecule has 1 aliphatic rings. The molecule has 0 aromatic heterocycles. The van der Waals surface area contributed by atoms with Crippen LogP contribution in [0.1, 0.15) is 11.5 Å². The highest BCUT2D eigenvalue weighted by molar-refractivity contribution is 6.42. The van der Waals surface area contributed by atoms with Crippen molar-refractivity contribution in [1.82, 2.24) is 5.32 Å². The van der Waals surface area contributed by atoms with Crippen LogP contribution in [0.25, 0.3) is 0 Å². The minimum atomic E-state index is -0.192. The Kier molecular flexibility index (Phi) is 4.65. The van der Waals surface area contributed by atoms with E-state index >= 15 is 0 Å². The third-order valence-corrected chi connectivity index (χ3v) is 3.71. The molecule has 0 spiro atoms. The summed E-state index contributed by atoms with van der Waals surface area (Å²) in [6.07, 6.45) is -0.192. The highest BCUT2D eigenvalue weighted by Crippen LogP contribution is 2.29. The number of aliphatic hydroxyl groups is 1. The second-order valence-corrected chi connectivity index (χ2v) is 4.89. The molecular formula is C12H15Cl2NO2. The molecule has 17 heavy (non-hydrogen) atoms. The van der Waals surface area contributed by atoms with Gasteiger partial charge in [-0.2, -0.15) is 0 Å². The van der Waals surface area contributed by atoms with Crippen LogP contribution in [0.3, 0.4) is 0 Å². The second-order valence-electron chi connectivity index (χ2n) is 4.08. The molecule has 1 aliphatic heterocycles. The van der Waals surface area contributed by atoms with Gasteiger partial charge in [-0.3, -0.25) is 0 Å². The zero-order valence-corrected chi connectivity index (χ0v) is 10.8. The van der Waals surface area contributed by atoms with Crippen molar-refractivity contribution < 1.29 is 9.84 Å². The van der Waals surface area contributed by atoms with Crippen LogP contribution < -0.4 is 5.32 Å². The van der Waals surface area contributed by atoms with Crippen molar-refractivity contribution in [1.29, 1.82) is 0 Å². The zero-order chi connectivity index (χ0) is 12.3. The number of halogens is 2. The molecule has 3 nitrogen and oxygen atoms in total. The van der Waals surface area contributed by atoms with Crippen LogP contribution in [-0.2, 0) is 4.74 Å². The maximum Gasteiger partial charge on any atom is 0.0886 e. The van der Waals surface area contributed by atoms with Crippen molar-refractivity contribution in [3.8, 4) is 0 Å². The summed E-state index contributed by atoms with van der Waals surface area (Å²) in [5, 5.41) is 13.7. The van der Waals surface area contributed by atoms with E-state index < -0.39 is 0 Å². The van der Waals surface area contributed by atoms with E-state index in [0.29, 0.717) is 16.7 Å². The van der Waals surface area contributed by atoms with Crippen LogP contribution >= 0.6 is 23.2 Å². The Morgan fingerprint density at radius 1 is 1.35 bits per heavy atom. The van der Waals surface area contributed by atoms with Crippen LogP contribution in [0.4, 0.5) is 0 Å². The second kappa shape index (κ2) is 6.03. The Labute approximate surface area is 111 Å². The average molecular weight is 276 g/mol. The van der Waals surface area contributed by atoms with Gasteiger partial charge in [0.1, 0.15) is 0 Å². The molecule has 0 saturated carbocycles. The molecule has 0 aliphatic carbocycles. The number of aliphatic hydroxyl groups excluding tert-OH is 1. The standard InChI is InChI=1S/C12H15Cl2NO2/c13-10-2-1-8(5-11(10)14)9-6-15-3-4-17-12(9)7-16/h1-2,5,9,12,15-16H,3-4,6-7H2/t9?,12-/m0/s1. The molecule has 5 heteroatoms. The summed E-state index contributed by atoms with van der Waals surface area (Å²) in [4.78, 5) is 0. The molecule has 94 valence electrons. The van der Waals surface area contributed by atoms with Crippen LogP contribution in [0.5, 0.6) is 0 Å². The first-order valence-electron chi connectivity index (χ1n) is 5.60. The summed E-state index contributed by atoms with van der Waals surface area (Å²) in [5.41, 5.74) is 1.04. The van der Waals surface area contributed by atoms with Gasteiger partial charge in [-0.1, -0.05) is 29.3 Å². The molecule has 1 heterocycles. The highest BCUT2D eigenvalue weighted by atomic mass is 35.5. The monoisotopic (exact) mass is 275 g/mol. The van der Waals surface area contributed by atoms with Gasteiger partial charge in [-0.05, 0) is 17.7 Å². The predicted octanol–water partition coefficient (Wildman–Crippen LogP) is 2.06. The maximum absolute atomic E-state index is 9.36. The van der Waals surface area contributed by atoms with Gasteiger partial charge in [0.05, 0.1) is 29.4 Å². The molecule has 1 saturated heterocycles. The van der Waals surface area contributed by atoms with Gasteiger partial charge in [0.15, 0.2) is 0 Å². The van der Waals surface area contributed by atoms with Crippen molar-refractivity contribution in [2.45, 2.75) is 12.0 Å². The van der Waals surface area contributed by atoms with E-state index in [1.807, 2.05) is 12.1 Å². The Morgan fingerprint density at radius 2 is 2.18 bits per heavy atom. The van der Waals surface area contributed by atoms with Gasteiger partial charge >= 0.3 is 0 Å². The van der Waals surface area contributed by atoms with Gasteiger partial charge in [-0.15, -0.1) is 0 Å². The van der Waals surface area contributed by atoms with E-state index in [-0.39, 0.29) is 18.6 Å². The van der Waals surface area contributed by atoms with Gasteiger partial charge in [-0.25, -0.2) is 0 Å². The fraction of sp³-hybridized carbons (Fsp3) is 0.500. The van der Waals surface area contributed by atoms with Crippen molar-refractivity contribution in [2.24, 2.45) is 0 Å². The Bertz CT molecular complexity index is 387. The summed E-state index contributed by atoms with van der Waals surface area (Å²) >= 11 is 11.9. The van der Waals surface area contributed by atoms with E-state index in [1.54, 1.807) is 6.07 Å². The molecule has 0 radical (unpaired) electrons. The first-order chi connectivity index (χ1) is 8.22. The Morgan fingerprint density at radius 3 is 2.88 bits per heavy atom. The van der Waals surface area contributed by atoms with Crippen molar-refractivity contribution in [3.63, 3.8) is 0 Å². The summed E-state index contributed by atoms with van der Waals surface area (Å²) in [6.45, 7) is 2.19. The predicted molar refractivity (Wildman–Crippen MR) is 68.9 cm³/mol. The van der Waals surface area contributed by atoms with Crippen molar-refractivity contribution in [3.05, 3.63) is 33.8 Å². The SMILES string of the molecule is OC[C@@H]1OCCNCC1c1ccc(Cl)c(Cl)c1. The number of benzene rings is 1. The van der Waals surface area contributed by atoms with Gasteiger partial charge in [0.25, 0.3) is 0 Å². The largest absolute Gasteiger partial charge is 0.394 e. The third-order valence-electron chi connectivity index (χ3n) is 2.98. The molecule has 2 N–H and O–H groups in total. The molecule has 1 aromatic rings. The van der Waals surface area contributed by atoms with Crippen molar-refractivity contribution >= 4 is 23.2 Å². The number of ether oxygens (including phenoxy) is 1. The van der Waals surface area contributed by atoms with Gasteiger partial charge in [0, 0.05) is 19.0 Å². The minimum absolute atomic E-state index is 0.00654. The van der Waals surface area contributed by atoms with Crippen LogP contribution in [0.2, 0.25) is 10.0 Å². The number of rotatable bonds is 2. The number of hydrogen-bond donors (Lipinski definition) is 2. The molecule has 1 aromatic carbocycles. The highest BCUT2D eigenvalue weighted by Gasteiger charge is 2.25. The lowest BCUT2D eigenvalue weighted by atomic mass is 9.93. The minimum Gasteiger partial charge on any atom is -0.394 e. The zero-order valence-electron chi connectivity index (χ0n) is 9.33. The molecule has 2 rings (SSSR count). The van der Waals surface area contributed by atoms with E-state index in [2.05, 4.69) is 5.32 Å². The third kappa shape index (κ3) is 3.12. The molecule has 1 fully saturated rings. The van der Waals surface area contributed by atoms with Gasteiger partial charge < -0.3 is 15.2 Å². The quantitative estimate of drug-likeness (QED) is 0.868. The Hall–Kier alpha value is -0.320. The van der Waals surface area contributed by atoms with E-state index in [9.17, 15) is 5.11 Å². The summed E-state index contributed by atoms with van der Waals surface area (Å²) in [5.74, 6) is 0.0947. The fourth-order valence-electron chi connectivity index (χ4n) is 2.04. The van der Waals surface area contributed by atoms with Crippen LogP contribution in [0.15, 0.2) is 18.2 Å². The average Bonchev–Trinajstić information content (AvgIpc) is 2.57. The lowest BCUT2D eigenvalue weighted by Crippen LogP contribution is -2.29. The topological polar surface area (TPSA) is 41.5 Å².